The summed E-state index contributed by atoms with van der Waals surface area (Å²) in [5.41, 5.74) is 2.36. The van der Waals surface area contributed by atoms with E-state index in [1.807, 2.05) is 44.2 Å². The van der Waals surface area contributed by atoms with Crippen molar-refractivity contribution in [2.45, 2.75) is 39.6 Å². The Kier molecular flexibility index (Phi) is 7.66. The lowest BCUT2D eigenvalue weighted by atomic mass is 9.90. The van der Waals surface area contributed by atoms with Crippen molar-refractivity contribution in [1.29, 1.82) is 0 Å². The molecule has 0 aliphatic carbocycles. The molecular weight excluding hydrogens is 489 g/mol. The van der Waals surface area contributed by atoms with Crippen LogP contribution in [0.15, 0.2) is 42.6 Å². The number of anilines is 1. The Hall–Kier alpha value is -2.65. The number of hydrogen-bond acceptors (Lipinski definition) is 6. The second-order valence-corrected chi connectivity index (χ2v) is 9.98. The van der Waals surface area contributed by atoms with Gasteiger partial charge in [0.2, 0.25) is 0 Å². The van der Waals surface area contributed by atoms with Gasteiger partial charge in [-0.25, -0.2) is 4.98 Å². The van der Waals surface area contributed by atoms with Crippen LogP contribution in [0.4, 0.5) is 5.82 Å². The van der Waals surface area contributed by atoms with Gasteiger partial charge in [0.15, 0.2) is 0 Å². The molecule has 10 heteroatoms. The quantitative estimate of drug-likeness (QED) is 0.392. The monoisotopic (exact) mass is 517 g/mol. The van der Waals surface area contributed by atoms with Crippen molar-refractivity contribution in [1.82, 2.24) is 19.7 Å². The number of aliphatic hydroxyl groups is 2. The Morgan fingerprint density at radius 3 is 2.57 bits per heavy atom. The van der Waals surface area contributed by atoms with Crippen LogP contribution in [0.1, 0.15) is 35.5 Å². The van der Waals surface area contributed by atoms with Crippen LogP contribution in [0.2, 0.25) is 5.02 Å². The molecule has 0 spiro atoms. The molecule has 1 unspecified atom stereocenters. The smallest absolute Gasteiger partial charge is 0.272 e. The molecule has 0 fully saturated rings. The molecule has 4 rings (SSSR count). The van der Waals surface area contributed by atoms with E-state index >= 15 is 0 Å². The van der Waals surface area contributed by atoms with Crippen molar-refractivity contribution < 1.29 is 15.0 Å². The normalized spacial score (nSPS) is 18.0. The van der Waals surface area contributed by atoms with Crippen LogP contribution in [-0.2, 0) is 19.7 Å². The largest absolute Gasteiger partial charge is 0.396 e. The van der Waals surface area contributed by atoms with Gasteiger partial charge >= 0.3 is 0 Å². The molecule has 3 aromatic rings. The van der Waals surface area contributed by atoms with Gasteiger partial charge in [-0.2, -0.15) is 5.10 Å². The zero-order chi connectivity index (χ0) is 25.2. The average Bonchev–Trinajstić information content (AvgIpc) is 3.22. The van der Waals surface area contributed by atoms with Crippen LogP contribution in [-0.4, -0.2) is 60.9 Å². The highest BCUT2D eigenvalue weighted by Gasteiger charge is 2.39. The van der Waals surface area contributed by atoms with Crippen molar-refractivity contribution in [3.05, 3.63) is 64.4 Å². The number of aromatic nitrogens is 3. The van der Waals surface area contributed by atoms with Gasteiger partial charge in [0.25, 0.3) is 5.91 Å². The number of rotatable bonds is 8. The maximum atomic E-state index is 13.7. The summed E-state index contributed by atoms with van der Waals surface area (Å²) in [6.45, 7) is 4.47. The Labute approximate surface area is 214 Å². The van der Waals surface area contributed by atoms with E-state index in [1.165, 1.54) is 0 Å². The van der Waals surface area contributed by atoms with E-state index in [4.69, 9.17) is 28.3 Å². The van der Waals surface area contributed by atoms with E-state index in [0.29, 0.717) is 27.8 Å². The summed E-state index contributed by atoms with van der Waals surface area (Å²) in [5, 5.41) is 28.4. The van der Waals surface area contributed by atoms with Crippen LogP contribution in [0.25, 0.3) is 11.3 Å². The molecule has 186 valence electrons. The van der Waals surface area contributed by atoms with E-state index in [0.717, 1.165) is 11.1 Å². The fourth-order valence-corrected chi connectivity index (χ4v) is 4.74. The first-order valence-corrected chi connectivity index (χ1v) is 12.3. The summed E-state index contributed by atoms with van der Waals surface area (Å²) in [6.07, 6.45) is 1.56. The number of amides is 1. The molecule has 2 aromatic heterocycles. The Morgan fingerprint density at radius 1 is 1.17 bits per heavy atom. The second-order valence-electron chi connectivity index (χ2n) is 9.30. The topological polar surface area (TPSA) is 104 Å². The number of aliphatic hydroxyl groups excluding tert-OH is 2. The highest BCUT2D eigenvalue weighted by molar-refractivity contribution is 6.33. The summed E-state index contributed by atoms with van der Waals surface area (Å²) < 4.78 is 1.61. The Balaban J connectivity index is 1.76. The number of fused-ring (bicyclic) bond motifs is 1. The Bertz CT molecular complexity index is 1210. The van der Waals surface area contributed by atoms with Gasteiger partial charge < -0.3 is 20.4 Å². The molecule has 35 heavy (non-hydrogen) atoms. The van der Waals surface area contributed by atoms with Gasteiger partial charge in [-0.15, -0.1) is 11.6 Å². The average molecular weight is 518 g/mol. The summed E-state index contributed by atoms with van der Waals surface area (Å²) >= 11 is 12.8. The van der Waals surface area contributed by atoms with Crippen molar-refractivity contribution in [2.75, 3.05) is 24.3 Å². The first-order valence-electron chi connectivity index (χ1n) is 11.4. The molecule has 8 nitrogen and oxygen atoms in total. The van der Waals surface area contributed by atoms with E-state index in [2.05, 4.69) is 10.3 Å². The van der Waals surface area contributed by atoms with Crippen LogP contribution < -0.4 is 5.32 Å². The summed E-state index contributed by atoms with van der Waals surface area (Å²) in [5.74, 6) is 0.562. The van der Waals surface area contributed by atoms with Crippen LogP contribution in [0, 0.1) is 5.41 Å². The lowest BCUT2D eigenvalue weighted by molar-refractivity contribution is 0.0565. The SMILES string of the molecule is CC(C)Nc1cc(-c2cc3n(n2)CC(CO)(CCl)CN(Cc2ccccc2CO)C3=O)c(Cl)cn1. The first kappa shape index (κ1) is 25.4. The number of nitrogens with zero attached hydrogens (tertiary/aromatic N) is 4. The zero-order valence-corrected chi connectivity index (χ0v) is 21.2. The third-order valence-electron chi connectivity index (χ3n) is 6.13. The van der Waals surface area contributed by atoms with Gasteiger partial charge in [-0.05, 0) is 37.1 Å². The van der Waals surface area contributed by atoms with Crippen molar-refractivity contribution in [3.8, 4) is 11.3 Å². The zero-order valence-electron chi connectivity index (χ0n) is 19.7. The first-order chi connectivity index (χ1) is 16.8. The molecule has 0 saturated carbocycles. The molecule has 1 atom stereocenters. The van der Waals surface area contributed by atoms with E-state index < -0.39 is 5.41 Å². The maximum Gasteiger partial charge on any atom is 0.272 e. The van der Waals surface area contributed by atoms with Crippen LogP contribution in [0.3, 0.4) is 0 Å². The number of pyridine rings is 1. The number of benzene rings is 1. The summed E-state index contributed by atoms with van der Waals surface area (Å²) in [4.78, 5) is 19.7. The maximum absolute atomic E-state index is 13.7. The fourth-order valence-electron chi connectivity index (χ4n) is 4.28. The highest BCUT2D eigenvalue weighted by Crippen LogP contribution is 2.34. The molecule has 0 bridgehead atoms. The minimum Gasteiger partial charge on any atom is -0.396 e. The lowest BCUT2D eigenvalue weighted by Gasteiger charge is -2.33. The third-order valence-corrected chi connectivity index (χ3v) is 7.00. The van der Waals surface area contributed by atoms with Gasteiger partial charge in [0.05, 0.1) is 30.5 Å². The van der Waals surface area contributed by atoms with E-state index in [9.17, 15) is 15.0 Å². The Morgan fingerprint density at radius 2 is 1.91 bits per heavy atom. The summed E-state index contributed by atoms with van der Waals surface area (Å²) in [6, 6.07) is 11.1. The molecule has 1 aliphatic rings. The van der Waals surface area contributed by atoms with E-state index in [1.54, 1.807) is 21.8 Å². The van der Waals surface area contributed by atoms with Crippen molar-refractivity contribution in [2.24, 2.45) is 5.41 Å². The number of carbonyl (C=O) groups excluding carboxylic acids is 1. The van der Waals surface area contributed by atoms with E-state index in [-0.39, 0.29) is 50.7 Å². The van der Waals surface area contributed by atoms with Gasteiger partial charge in [-0.3, -0.25) is 9.48 Å². The predicted molar refractivity (Wildman–Crippen MR) is 137 cm³/mol. The second kappa shape index (κ2) is 10.5. The van der Waals surface area contributed by atoms with Crippen molar-refractivity contribution >= 4 is 34.9 Å². The molecule has 1 amide bonds. The van der Waals surface area contributed by atoms with Gasteiger partial charge in [0.1, 0.15) is 11.5 Å². The molecule has 0 saturated heterocycles. The lowest BCUT2D eigenvalue weighted by Crippen LogP contribution is -2.43. The number of halogens is 2. The molecule has 3 N–H and O–H groups in total. The number of alkyl halides is 1. The summed E-state index contributed by atoms with van der Waals surface area (Å²) in [7, 11) is 0. The van der Waals surface area contributed by atoms with Crippen LogP contribution >= 0.6 is 23.2 Å². The molecule has 1 aliphatic heterocycles. The van der Waals surface area contributed by atoms with Crippen LogP contribution in [0.5, 0.6) is 0 Å². The standard InChI is InChI=1S/C25H29Cl2N5O3/c1-16(2)29-23-7-19(20(27)9-28-23)21-8-22-24(35)31(10-17-5-3-4-6-18(17)11-33)13-25(12-26,15-34)14-32(22)30-21/h3-9,16,33-34H,10-15H2,1-2H3,(H,28,29). The molecule has 3 heterocycles. The third kappa shape index (κ3) is 5.30. The minimum absolute atomic E-state index is 0.131. The molecule has 0 radical (unpaired) electrons. The minimum atomic E-state index is -0.785. The fraction of sp³-hybridized carbons (Fsp3) is 0.400. The highest BCUT2D eigenvalue weighted by atomic mass is 35.5. The number of nitrogens with one attached hydrogen (secondary N) is 1. The van der Waals surface area contributed by atoms with Gasteiger partial charge in [0, 0.05) is 42.2 Å². The number of carbonyl (C=O) groups is 1. The molecule has 1 aromatic carbocycles. The predicted octanol–water partition coefficient (Wildman–Crippen LogP) is 3.78. The van der Waals surface area contributed by atoms with Crippen molar-refractivity contribution in [3.63, 3.8) is 0 Å². The molecular formula is C25H29Cl2N5O3. The number of hydrogen-bond donors (Lipinski definition) is 3. The van der Waals surface area contributed by atoms with Gasteiger partial charge in [-0.1, -0.05) is 35.9 Å².